The predicted octanol–water partition coefficient (Wildman–Crippen LogP) is 3.84. The maximum Gasteiger partial charge on any atom is 0.257 e. The number of benzene rings is 2. The van der Waals surface area contributed by atoms with Crippen LogP contribution in [0.3, 0.4) is 0 Å². The molecule has 0 radical (unpaired) electrons. The van der Waals surface area contributed by atoms with Gasteiger partial charge in [-0.2, -0.15) is 0 Å². The Morgan fingerprint density at radius 3 is 2.76 bits per heavy atom. The summed E-state index contributed by atoms with van der Waals surface area (Å²) in [6.45, 7) is 0.552. The summed E-state index contributed by atoms with van der Waals surface area (Å²) in [5.74, 6) is 0.510. The third-order valence-electron chi connectivity index (χ3n) is 2.82. The van der Waals surface area contributed by atoms with Crippen molar-refractivity contribution in [2.45, 2.75) is 6.42 Å². The van der Waals surface area contributed by atoms with Gasteiger partial charge in [-0.3, -0.25) is 4.79 Å². The average Bonchev–Trinajstić information content (AvgIpc) is 2.46. The first-order valence-corrected chi connectivity index (χ1v) is 7.71. The van der Waals surface area contributed by atoms with E-state index in [0.29, 0.717) is 17.3 Å². The fourth-order valence-electron chi connectivity index (χ4n) is 1.79. The van der Waals surface area contributed by atoms with Gasteiger partial charge < -0.3 is 10.1 Å². The molecule has 0 bridgehead atoms. The standard InChI is InChI=1S/C16H15BrClNO2/c17-14-6-1-2-7-15(14)21-11-16(20)19-9-8-12-4-3-5-13(18)10-12/h1-7,10H,8-9,11H2,(H,19,20). The summed E-state index contributed by atoms with van der Waals surface area (Å²) in [7, 11) is 0. The average molecular weight is 369 g/mol. The minimum absolute atomic E-state index is 0.00183. The molecule has 1 N–H and O–H groups in total. The van der Waals surface area contributed by atoms with Crippen molar-refractivity contribution >= 4 is 33.4 Å². The third kappa shape index (κ3) is 5.40. The molecule has 0 spiro atoms. The Labute approximate surface area is 137 Å². The molecule has 0 saturated carbocycles. The number of para-hydroxylation sites is 1. The van der Waals surface area contributed by atoms with E-state index in [9.17, 15) is 4.79 Å². The molecule has 0 unspecified atom stereocenters. The number of halogens is 2. The van der Waals surface area contributed by atoms with E-state index >= 15 is 0 Å². The van der Waals surface area contributed by atoms with E-state index in [0.717, 1.165) is 16.5 Å². The Bertz CT molecular complexity index is 619. The summed E-state index contributed by atoms with van der Waals surface area (Å²) in [5.41, 5.74) is 1.09. The van der Waals surface area contributed by atoms with Crippen LogP contribution < -0.4 is 10.1 Å². The van der Waals surface area contributed by atoms with Crippen LogP contribution >= 0.6 is 27.5 Å². The van der Waals surface area contributed by atoms with Crippen LogP contribution in [0, 0.1) is 0 Å². The van der Waals surface area contributed by atoms with Gasteiger partial charge in [0.15, 0.2) is 6.61 Å². The molecule has 2 rings (SSSR count). The van der Waals surface area contributed by atoms with Crippen LogP contribution in [0.5, 0.6) is 5.75 Å². The van der Waals surface area contributed by atoms with Gasteiger partial charge in [0.05, 0.1) is 4.47 Å². The van der Waals surface area contributed by atoms with Crippen LogP contribution in [0.2, 0.25) is 5.02 Å². The first-order valence-electron chi connectivity index (χ1n) is 6.53. The van der Waals surface area contributed by atoms with Gasteiger partial charge in [-0.15, -0.1) is 0 Å². The van der Waals surface area contributed by atoms with Crippen LogP contribution in [0.1, 0.15) is 5.56 Å². The van der Waals surface area contributed by atoms with Gasteiger partial charge in [0.25, 0.3) is 5.91 Å². The number of hydrogen-bond donors (Lipinski definition) is 1. The molecular formula is C16H15BrClNO2. The topological polar surface area (TPSA) is 38.3 Å². The van der Waals surface area contributed by atoms with E-state index in [1.165, 1.54) is 0 Å². The molecule has 0 aliphatic carbocycles. The number of carbonyl (C=O) groups is 1. The number of ether oxygens (including phenoxy) is 1. The second kappa shape index (κ2) is 8.05. The van der Waals surface area contributed by atoms with E-state index < -0.39 is 0 Å². The van der Waals surface area contributed by atoms with Crippen molar-refractivity contribution in [1.82, 2.24) is 5.32 Å². The highest BCUT2D eigenvalue weighted by Gasteiger charge is 2.04. The maximum atomic E-state index is 11.7. The lowest BCUT2D eigenvalue weighted by molar-refractivity contribution is -0.123. The lowest BCUT2D eigenvalue weighted by Crippen LogP contribution is -2.30. The van der Waals surface area contributed by atoms with Gasteiger partial charge >= 0.3 is 0 Å². The van der Waals surface area contributed by atoms with Gasteiger partial charge in [0.2, 0.25) is 0 Å². The Morgan fingerprint density at radius 2 is 2.00 bits per heavy atom. The predicted molar refractivity (Wildman–Crippen MR) is 87.8 cm³/mol. The summed E-state index contributed by atoms with van der Waals surface area (Å²) >= 11 is 9.27. The summed E-state index contributed by atoms with van der Waals surface area (Å²) in [6, 6.07) is 15.0. The van der Waals surface area contributed by atoms with E-state index in [-0.39, 0.29) is 12.5 Å². The molecular weight excluding hydrogens is 354 g/mol. The van der Waals surface area contributed by atoms with Gasteiger partial charge in [-0.1, -0.05) is 35.9 Å². The molecule has 21 heavy (non-hydrogen) atoms. The molecule has 1 amide bonds. The van der Waals surface area contributed by atoms with Gasteiger partial charge in [0.1, 0.15) is 5.75 Å². The zero-order valence-corrected chi connectivity index (χ0v) is 13.7. The number of hydrogen-bond acceptors (Lipinski definition) is 2. The number of carbonyl (C=O) groups excluding carboxylic acids is 1. The first kappa shape index (κ1) is 15.9. The molecule has 0 atom stereocenters. The molecule has 0 heterocycles. The fourth-order valence-corrected chi connectivity index (χ4v) is 2.41. The largest absolute Gasteiger partial charge is 0.483 e. The SMILES string of the molecule is O=C(COc1ccccc1Br)NCCc1cccc(Cl)c1. The van der Waals surface area contributed by atoms with E-state index in [4.69, 9.17) is 16.3 Å². The van der Waals surface area contributed by atoms with Gasteiger partial charge in [0, 0.05) is 11.6 Å². The van der Waals surface area contributed by atoms with Crippen LogP contribution in [0.4, 0.5) is 0 Å². The molecule has 110 valence electrons. The quantitative estimate of drug-likeness (QED) is 0.841. The van der Waals surface area contributed by atoms with Crippen molar-refractivity contribution in [2.24, 2.45) is 0 Å². The molecule has 0 aliphatic rings. The Morgan fingerprint density at radius 1 is 1.19 bits per heavy atom. The third-order valence-corrected chi connectivity index (χ3v) is 3.71. The first-order chi connectivity index (χ1) is 10.1. The van der Waals surface area contributed by atoms with Crippen LogP contribution in [0.15, 0.2) is 53.0 Å². The second-order valence-electron chi connectivity index (χ2n) is 4.45. The zero-order valence-electron chi connectivity index (χ0n) is 11.3. The molecule has 0 fully saturated rings. The summed E-state index contributed by atoms with van der Waals surface area (Å²) in [5, 5.41) is 3.52. The fraction of sp³-hybridized carbons (Fsp3) is 0.188. The van der Waals surface area contributed by atoms with Gasteiger partial charge in [-0.05, 0) is 52.2 Å². The number of rotatable bonds is 6. The summed E-state index contributed by atoms with van der Waals surface area (Å²) in [4.78, 5) is 11.7. The van der Waals surface area contributed by atoms with E-state index in [1.807, 2.05) is 48.5 Å². The maximum absolute atomic E-state index is 11.7. The summed E-state index contributed by atoms with van der Waals surface area (Å²) < 4.78 is 6.27. The highest BCUT2D eigenvalue weighted by atomic mass is 79.9. The number of amides is 1. The lowest BCUT2D eigenvalue weighted by atomic mass is 10.1. The molecule has 5 heteroatoms. The Kier molecular flexibility index (Phi) is 6.08. The van der Waals surface area contributed by atoms with Crippen LogP contribution in [-0.2, 0) is 11.2 Å². The Hall–Kier alpha value is -1.52. The van der Waals surface area contributed by atoms with Crippen molar-refractivity contribution in [3.63, 3.8) is 0 Å². The molecule has 0 aromatic heterocycles. The summed E-state index contributed by atoms with van der Waals surface area (Å²) in [6.07, 6.45) is 0.737. The van der Waals surface area contributed by atoms with Gasteiger partial charge in [-0.25, -0.2) is 0 Å². The highest BCUT2D eigenvalue weighted by Crippen LogP contribution is 2.23. The van der Waals surface area contributed by atoms with Crippen molar-refractivity contribution in [2.75, 3.05) is 13.2 Å². The highest BCUT2D eigenvalue weighted by molar-refractivity contribution is 9.10. The molecule has 3 nitrogen and oxygen atoms in total. The minimum atomic E-state index is -0.146. The van der Waals surface area contributed by atoms with Crippen molar-refractivity contribution in [1.29, 1.82) is 0 Å². The molecule has 0 saturated heterocycles. The molecule has 2 aromatic carbocycles. The van der Waals surface area contributed by atoms with Crippen molar-refractivity contribution in [3.05, 3.63) is 63.6 Å². The zero-order chi connectivity index (χ0) is 15.1. The monoisotopic (exact) mass is 367 g/mol. The Balaban J connectivity index is 1.72. The normalized spacial score (nSPS) is 10.2. The van der Waals surface area contributed by atoms with E-state index in [1.54, 1.807) is 0 Å². The number of nitrogens with one attached hydrogen (secondary N) is 1. The smallest absolute Gasteiger partial charge is 0.257 e. The molecule has 2 aromatic rings. The van der Waals surface area contributed by atoms with E-state index in [2.05, 4.69) is 21.2 Å². The van der Waals surface area contributed by atoms with Crippen LogP contribution in [0.25, 0.3) is 0 Å². The van der Waals surface area contributed by atoms with Crippen LogP contribution in [-0.4, -0.2) is 19.1 Å². The lowest BCUT2D eigenvalue weighted by Gasteiger charge is -2.09. The van der Waals surface area contributed by atoms with Crippen molar-refractivity contribution in [3.8, 4) is 5.75 Å². The molecule has 0 aliphatic heterocycles. The second-order valence-corrected chi connectivity index (χ2v) is 5.74. The van der Waals surface area contributed by atoms with Crippen molar-refractivity contribution < 1.29 is 9.53 Å². The minimum Gasteiger partial charge on any atom is -0.483 e.